The molecule has 0 spiro atoms. The predicted octanol–water partition coefficient (Wildman–Crippen LogP) is 4.86. The van der Waals surface area contributed by atoms with E-state index in [1.807, 2.05) is 17.5 Å². The highest BCUT2D eigenvalue weighted by Crippen LogP contribution is 2.36. The maximum absolute atomic E-state index is 10.2. The lowest BCUT2D eigenvalue weighted by molar-refractivity contribution is 0.178. The van der Waals surface area contributed by atoms with Crippen LogP contribution in [0.4, 0.5) is 0 Å². The lowest BCUT2D eigenvalue weighted by Crippen LogP contribution is -2.48. The summed E-state index contributed by atoms with van der Waals surface area (Å²) in [7, 11) is 0. The Hall–Kier alpha value is -1.76. The topological polar surface area (TPSA) is 71.2 Å². The summed E-state index contributed by atoms with van der Waals surface area (Å²) >= 11 is 1.59. The van der Waals surface area contributed by atoms with Crippen molar-refractivity contribution in [3.05, 3.63) is 35.2 Å². The minimum absolute atomic E-state index is 0.574. The molecule has 0 aliphatic carbocycles. The highest BCUT2D eigenvalue weighted by Gasteiger charge is 2.31. The average Bonchev–Trinajstić information content (AvgIpc) is 3.35. The fraction of sp³-hybridized carbons (Fsp3) is 0.545. The summed E-state index contributed by atoms with van der Waals surface area (Å²) in [6.45, 7) is 1.78. The molecule has 2 fully saturated rings. The van der Waals surface area contributed by atoms with Gasteiger partial charge in [-0.25, -0.2) is 9.97 Å². The Kier molecular flexibility index (Phi) is 4.95. The highest BCUT2D eigenvalue weighted by atomic mass is 32.1. The molecule has 3 unspecified atom stereocenters. The lowest BCUT2D eigenvalue weighted by atomic mass is 9.78. The highest BCUT2D eigenvalue weighted by molar-refractivity contribution is 7.13. The molecular formula is C22H27N3O2S. The van der Waals surface area contributed by atoms with Gasteiger partial charge in [-0.3, -0.25) is 0 Å². The van der Waals surface area contributed by atoms with Crippen LogP contribution in [0, 0.1) is 5.92 Å². The Bertz CT molecular complexity index is 938. The van der Waals surface area contributed by atoms with Crippen LogP contribution in [0.25, 0.3) is 21.7 Å². The molecule has 28 heavy (non-hydrogen) atoms. The van der Waals surface area contributed by atoms with Crippen LogP contribution in [0.2, 0.25) is 0 Å². The first-order chi connectivity index (χ1) is 13.7. The van der Waals surface area contributed by atoms with E-state index in [2.05, 4.69) is 10.3 Å². The molecule has 2 aliphatic rings. The Morgan fingerprint density at radius 2 is 2.11 bits per heavy atom. The van der Waals surface area contributed by atoms with E-state index < -0.39 is 6.10 Å². The molecule has 2 saturated heterocycles. The quantitative estimate of drug-likeness (QED) is 0.643. The predicted molar refractivity (Wildman–Crippen MR) is 111 cm³/mol. The van der Waals surface area contributed by atoms with Crippen molar-refractivity contribution in [3.63, 3.8) is 0 Å². The van der Waals surface area contributed by atoms with Gasteiger partial charge in [0.2, 0.25) is 0 Å². The second-order valence-corrected chi connectivity index (χ2v) is 9.26. The van der Waals surface area contributed by atoms with Crippen LogP contribution >= 0.6 is 11.3 Å². The summed E-state index contributed by atoms with van der Waals surface area (Å²) in [4.78, 5) is 9.23. The Labute approximate surface area is 169 Å². The first kappa shape index (κ1) is 18.3. The van der Waals surface area contributed by atoms with Gasteiger partial charge in [-0.2, -0.15) is 0 Å². The number of aryl methyl sites for hydroxylation is 1. The normalized spacial score (nSPS) is 25.9. The van der Waals surface area contributed by atoms with E-state index in [1.165, 1.54) is 32.1 Å². The average molecular weight is 398 g/mol. The Balaban J connectivity index is 1.40. The molecule has 5 nitrogen and oxygen atoms in total. The van der Waals surface area contributed by atoms with Crippen LogP contribution in [0.15, 0.2) is 28.1 Å². The minimum atomic E-state index is -0.574. The van der Waals surface area contributed by atoms with Crippen molar-refractivity contribution in [2.75, 3.05) is 0 Å². The fourth-order valence-electron chi connectivity index (χ4n) is 4.99. The molecule has 0 saturated carbocycles. The molecule has 3 atom stereocenters. The SMILES string of the molecule is CC(O)c1ccc(-c2nccs2)c2oc(CCC3CC4CCCC(C3)N4)nc12. The third kappa shape index (κ3) is 3.49. The number of hydrogen-bond donors (Lipinski definition) is 2. The van der Waals surface area contributed by atoms with Gasteiger partial charge in [-0.15, -0.1) is 11.3 Å². The number of thiazole rings is 1. The van der Waals surface area contributed by atoms with Crippen molar-refractivity contribution in [1.82, 2.24) is 15.3 Å². The number of aromatic nitrogens is 2. The first-order valence-electron chi connectivity index (χ1n) is 10.4. The number of fused-ring (bicyclic) bond motifs is 3. The summed E-state index contributed by atoms with van der Waals surface area (Å²) in [5, 5.41) is 16.8. The van der Waals surface area contributed by atoms with Gasteiger partial charge in [0, 0.05) is 35.6 Å². The Morgan fingerprint density at radius 3 is 2.82 bits per heavy atom. The minimum Gasteiger partial charge on any atom is -0.440 e. The monoisotopic (exact) mass is 397 g/mol. The molecule has 6 heteroatoms. The van der Waals surface area contributed by atoms with Crippen LogP contribution in [0.5, 0.6) is 0 Å². The third-order valence-electron chi connectivity index (χ3n) is 6.31. The zero-order chi connectivity index (χ0) is 19.1. The van der Waals surface area contributed by atoms with Crippen molar-refractivity contribution in [2.45, 2.75) is 70.1 Å². The number of hydrogen-bond acceptors (Lipinski definition) is 6. The van der Waals surface area contributed by atoms with Gasteiger partial charge in [0.25, 0.3) is 0 Å². The molecule has 2 N–H and O–H groups in total. The van der Waals surface area contributed by atoms with E-state index in [1.54, 1.807) is 24.5 Å². The van der Waals surface area contributed by atoms with Crippen LogP contribution in [-0.2, 0) is 6.42 Å². The van der Waals surface area contributed by atoms with Crippen molar-refractivity contribution >= 4 is 22.4 Å². The molecule has 2 aliphatic heterocycles. The Morgan fingerprint density at radius 1 is 1.29 bits per heavy atom. The number of nitrogens with one attached hydrogen (secondary N) is 1. The second-order valence-electron chi connectivity index (χ2n) is 8.37. The second kappa shape index (κ2) is 7.58. The van der Waals surface area contributed by atoms with Crippen LogP contribution in [-0.4, -0.2) is 27.2 Å². The summed E-state index contributed by atoms with van der Waals surface area (Å²) in [6, 6.07) is 5.36. The number of rotatable bonds is 5. The zero-order valence-electron chi connectivity index (χ0n) is 16.2. The smallest absolute Gasteiger partial charge is 0.195 e. The number of piperidine rings is 2. The van der Waals surface area contributed by atoms with Gasteiger partial charge < -0.3 is 14.8 Å². The molecular weight excluding hydrogens is 370 g/mol. The van der Waals surface area contributed by atoms with E-state index in [0.717, 1.165) is 51.9 Å². The maximum Gasteiger partial charge on any atom is 0.195 e. The van der Waals surface area contributed by atoms with E-state index in [-0.39, 0.29) is 0 Å². The molecule has 4 heterocycles. The largest absolute Gasteiger partial charge is 0.440 e. The van der Waals surface area contributed by atoms with Crippen LogP contribution in [0.1, 0.15) is 63.0 Å². The molecule has 2 bridgehead atoms. The lowest BCUT2D eigenvalue weighted by Gasteiger charge is -2.40. The van der Waals surface area contributed by atoms with E-state index >= 15 is 0 Å². The molecule has 148 valence electrons. The molecule has 2 aromatic heterocycles. The van der Waals surface area contributed by atoms with Crippen LogP contribution in [0.3, 0.4) is 0 Å². The van der Waals surface area contributed by atoms with Gasteiger partial charge in [-0.05, 0) is 51.0 Å². The zero-order valence-corrected chi connectivity index (χ0v) is 17.0. The van der Waals surface area contributed by atoms with Crippen LogP contribution < -0.4 is 5.32 Å². The maximum atomic E-state index is 10.2. The summed E-state index contributed by atoms with van der Waals surface area (Å²) in [6.07, 6.45) is 9.79. The number of oxazole rings is 1. The summed E-state index contributed by atoms with van der Waals surface area (Å²) < 4.78 is 6.23. The fourth-order valence-corrected chi connectivity index (χ4v) is 5.65. The molecule has 3 aromatic rings. The van der Waals surface area contributed by atoms with Crippen molar-refractivity contribution < 1.29 is 9.52 Å². The molecule has 0 amide bonds. The van der Waals surface area contributed by atoms with Gasteiger partial charge in [0.1, 0.15) is 10.5 Å². The standard InChI is InChI=1S/C22H27N3O2S/c1-13(26)17-6-7-18(22-23-9-10-28-22)21-20(17)25-19(27-21)8-5-14-11-15-3-2-4-16(12-14)24-15/h6-7,9-10,13-16,24,26H,2-5,8,11-12H2,1H3. The molecule has 0 radical (unpaired) electrons. The van der Waals surface area contributed by atoms with Gasteiger partial charge in [0.15, 0.2) is 11.5 Å². The number of nitrogens with zero attached hydrogens (tertiary/aromatic N) is 2. The van der Waals surface area contributed by atoms with Gasteiger partial charge in [0.05, 0.1) is 11.7 Å². The number of aliphatic hydroxyl groups excluding tert-OH is 1. The van der Waals surface area contributed by atoms with E-state index in [4.69, 9.17) is 9.40 Å². The summed E-state index contributed by atoms with van der Waals surface area (Å²) in [5.74, 6) is 1.53. The number of aliphatic hydroxyl groups is 1. The first-order valence-corrected chi connectivity index (χ1v) is 11.3. The number of benzene rings is 1. The molecule has 1 aromatic carbocycles. The molecule has 5 rings (SSSR count). The van der Waals surface area contributed by atoms with Gasteiger partial charge in [-0.1, -0.05) is 12.5 Å². The van der Waals surface area contributed by atoms with E-state index in [0.29, 0.717) is 12.1 Å². The van der Waals surface area contributed by atoms with E-state index in [9.17, 15) is 5.11 Å². The van der Waals surface area contributed by atoms with Crippen molar-refractivity contribution in [1.29, 1.82) is 0 Å². The van der Waals surface area contributed by atoms with Crippen molar-refractivity contribution in [3.8, 4) is 10.6 Å². The van der Waals surface area contributed by atoms with Crippen molar-refractivity contribution in [2.24, 2.45) is 5.92 Å². The van der Waals surface area contributed by atoms with Gasteiger partial charge >= 0.3 is 0 Å². The third-order valence-corrected chi connectivity index (χ3v) is 7.12. The summed E-state index contributed by atoms with van der Waals surface area (Å²) in [5.41, 5.74) is 3.32.